The van der Waals surface area contributed by atoms with Crippen LogP contribution in [0.3, 0.4) is 0 Å². The van der Waals surface area contributed by atoms with Crippen molar-refractivity contribution in [3.05, 3.63) is 59.7 Å². The Kier molecular flexibility index (Phi) is 3.75. The summed E-state index contributed by atoms with van der Waals surface area (Å²) in [5, 5.41) is 0. The van der Waals surface area contributed by atoms with Gasteiger partial charge in [-0.15, -0.1) is 0 Å². The van der Waals surface area contributed by atoms with E-state index in [0.29, 0.717) is 19.7 Å². The predicted octanol–water partition coefficient (Wildman–Crippen LogP) is 3.12. The normalized spacial score (nSPS) is 18.8. The summed E-state index contributed by atoms with van der Waals surface area (Å²) >= 11 is 0. The molecule has 1 aliphatic heterocycles. The highest BCUT2D eigenvalue weighted by molar-refractivity contribution is 5.56. The van der Waals surface area contributed by atoms with Crippen molar-refractivity contribution in [2.24, 2.45) is 0 Å². The highest BCUT2D eigenvalue weighted by Crippen LogP contribution is 2.30. The minimum absolute atomic E-state index is 0.0339. The quantitative estimate of drug-likeness (QED) is 0.864. The lowest BCUT2D eigenvalue weighted by molar-refractivity contribution is 0.0393. The maximum absolute atomic E-state index is 14.0. The van der Waals surface area contributed by atoms with Crippen molar-refractivity contribution in [1.82, 2.24) is 0 Å². The molecule has 1 aliphatic rings. The summed E-state index contributed by atoms with van der Waals surface area (Å²) in [6, 6.07) is 11.9. The van der Waals surface area contributed by atoms with Gasteiger partial charge in [-0.25, -0.2) is 8.78 Å². The van der Waals surface area contributed by atoms with Gasteiger partial charge in [0.25, 0.3) is 0 Å². The van der Waals surface area contributed by atoms with Crippen LogP contribution in [0.25, 0.3) is 0 Å². The summed E-state index contributed by atoms with van der Waals surface area (Å²) in [4.78, 5) is 1.67. The number of nitrogens with zero attached hydrogens (tertiary/aromatic N) is 1. The van der Waals surface area contributed by atoms with Gasteiger partial charge in [0.1, 0.15) is 11.8 Å². The highest BCUT2D eigenvalue weighted by Gasteiger charge is 2.26. The molecule has 2 aromatic carbocycles. The summed E-state index contributed by atoms with van der Waals surface area (Å²) in [6.45, 7) is 1.27. The summed E-state index contributed by atoms with van der Waals surface area (Å²) in [6.07, 6.45) is -0.198. The molecule has 2 N–H and O–H groups in total. The zero-order chi connectivity index (χ0) is 14.8. The van der Waals surface area contributed by atoms with E-state index in [-0.39, 0.29) is 17.5 Å². The first-order chi connectivity index (χ1) is 10.1. The molecule has 1 heterocycles. The molecule has 2 aromatic rings. The minimum atomic E-state index is -0.638. The predicted molar refractivity (Wildman–Crippen MR) is 78.1 cm³/mol. The second kappa shape index (κ2) is 5.69. The molecular formula is C16H16F2N2O. The number of benzene rings is 2. The van der Waals surface area contributed by atoms with Crippen LogP contribution in [0, 0.1) is 11.6 Å². The van der Waals surface area contributed by atoms with Crippen LogP contribution in [-0.4, -0.2) is 19.7 Å². The fraction of sp³-hybridized carbons (Fsp3) is 0.250. The molecule has 0 aromatic heterocycles. The Bertz CT molecular complexity index is 610. The third kappa shape index (κ3) is 2.83. The van der Waals surface area contributed by atoms with Crippen LogP contribution in [0.4, 0.5) is 20.2 Å². The lowest BCUT2D eigenvalue weighted by Crippen LogP contribution is -2.39. The first-order valence-electron chi connectivity index (χ1n) is 6.81. The summed E-state index contributed by atoms with van der Waals surface area (Å²) < 4.78 is 33.8. The van der Waals surface area contributed by atoms with Crippen LogP contribution in [0.15, 0.2) is 42.5 Å². The molecule has 5 heteroatoms. The van der Waals surface area contributed by atoms with E-state index in [1.165, 1.54) is 0 Å². The lowest BCUT2D eigenvalue weighted by Gasteiger charge is -2.35. The highest BCUT2D eigenvalue weighted by atomic mass is 19.1. The van der Waals surface area contributed by atoms with E-state index in [4.69, 9.17) is 10.5 Å². The van der Waals surface area contributed by atoms with E-state index in [1.54, 1.807) is 4.90 Å². The molecule has 0 unspecified atom stereocenters. The van der Waals surface area contributed by atoms with Crippen LogP contribution in [0.1, 0.15) is 11.7 Å². The molecule has 21 heavy (non-hydrogen) atoms. The van der Waals surface area contributed by atoms with Gasteiger partial charge in [0, 0.05) is 18.8 Å². The third-order valence-electron chi connectivity index (χ3n) is 3.59. The van der Waals surface area contributed by atoms with E-state index in [1.807, 2.05) is 30.3 Å². The third-order valence-corrected chi connectivity index (χ3v) is 3.59. The number of hydrogen-bond acceptors (Lipinski definition) is 3. The fourth-order valence-corrected chi connectivity index (χ4v) is 2.61. The van der Waals surface area contributed by atoms with Crippen molar-refractivity contribution in [3.63, 3.8) is 0 Å². The van der Waals surface area contributed by atoms with Gasteiger partial charge in [0.05, 0.1) is 6.61 Å². The Morgan fingerprint density at radius 2 is 1.76 bits per heavy atom. The van der Waals surface area contributed by atoms with Crippen molar-refractivity contribution >= 4 is 11.4 Å². The molecular weight excluding hydrogens is 274 g/mol. The van der Waals surface area contributed by atoms with E-state index in [9.17, 15) is 8.78 Å². The standard InChI is InChI=1S/C16H16F2N2O/c17-13-8-12(19)9-14(18)16(13)20-6-7-21-15(10-20)11-4-2-1-3-5-11/h1-5,8-9,15H,6-7,10,19H2/t15-/m1/s1. The second-order valence-electron chi connectivity index (χ2n) is 5.05. The molecule has 3 nitrogen and oxygen atoms in total. The molecule has 3 rings (SSSR count). The van der Waals surface area contributed by atoms with E-state index in [0.717, 1.165) is 17.7 Å². The van der Waals surface area contributed by atoms with Gasteiger partial charge in [-0.2, -0.15) is 0 Å². The SMILES string of the molecule is Nc1cc(F)c(N2CCO[C@@H](c3ccccc3)C2)c(F)c1. The fourth-order valence-electron chi connectivity index (χ4n) is 2.61. The molecule has 0 spiro atoms. The lowest BCUT2D eigenvalue weighted by atomic mass is 10.1. The number of ether oxygens (including phenoxy) is 1. The van der Waals surface area contributed by atoms with Gasteiger partial charge >= 0.3 is 0 Å². The van der Waals surface area contributed by atoms with Crippen molar-refractivity contribution in [1.29, 1.82) is 0 Å². The number of rotatable bonds is 2. The number of nitrogens with two attached hydrogens (primary N) is 1. The molecule has 0 aliphatic carbocycles. The van der Waals surface area contributed by atoms with Crippen LogP contribution in [0.5, 0.6) is 0 Å². The van der Waals surface area contributed by atoms with E-state index in [2.05, 4.69) is 0 Å². The average Bonchev–Trinajstić information content (AvgIpc) is 2.47. The maximum Gasteiger partial charge on any atom is 0.151 e. The first-order valence-corrected chi connectivity index (χ1v) is 6.81. The van der Waals surface area contributed by atoms with Crippen LogP contribution >= 0.6 is 0 Å². The molecule has 0 radical (unpaired) electrons. The Morgan fingerprint density at radius 1 is 1.10 bits per heavy atom. The largest absolute Gasteiger partial charge is 0.399 e. The zero-order valence-electron chi connectivity index (χ0n) is 11.4. The number of halogens is 2. The molecule has 1 atom stereocenters. The maximum atomic E-state index is 14.0. The molecule has 0 saturated carbocycles. The Morgan fingerprint density at radius 3 is 2.43 bits per heavy atom. The van der Waals surface area contributed by atoms with Crippen molar-refractivity contribution in [2.75, 3.05) is 30.3 Å². The van der Waals surface area contributed by atoms with Crippen molar-refractivity contribution < 1.29 is 13.5 Å². The number of hydrogen-bond donors (Lipinski definition) is 1. The average molecular weight is 290 g/mol. The first kappa shape index (κ1) is 13.8. The van der Waals surface area contributed by atoms with Gasteiger partial charge in [-0.1, -0.05) is 30.3 Å². The van der Waals surface area contributed by atoms with Crippen molar-refractivity contribution in [2.45, 2.75) is 6.10 Å². The minimum Gasteiger partial charge on any atom is -0.399 e. The summed E-state index contributed by atoms with van der Waals surface area (Å²) in [7, 11) is 0. The molecule has 1 saturated heterocycles. The van der Waals surface area contributed by atoms with Gasteiger partial charge in [-0.3, -0.25) is 0 Å². The number of anilines is 2. The Labute approximate surface area is 121 Å². The van der Waals surface area contributed by atoms with Crippen LogP contribution in [-0.2, 0) is 4.74 Å². The molecule has 110 valence electrons. The van der Waals surface area contributed by atoms with Crippen LogP contribution in [0.2, 0.25) is 0 Å². The number of morpholine rings is 1. The van der Waals surface area contributed by atoms with Gasteiger partial charge in [0.15, 0.2) is 11.6 Å². The summed E-state index contributed by atoms with van der Waals surface area (Å²) in [5.74, 6) is -1.28. The second-order valence-corrected chi connectivity index (χ2v) is 5.05. The Balaban J connectivity index is 1.87. The van der Waals surface area contributed by atoms with Gasteiger partial charge in [-0.05, 0) is 17.7 Å². The van der Waals surface area contributed by atoms with Gasteiger partial charge in [0.2, 0.25) is 0 Å². The molecule has 1 fully saturated rings. The monoisotopic (exact) mass is 290 g/mol. The smallest absolute Gasteiger partial charge is 0.151 e. The number of nitrogen functional groups attached to an aromatic ring is 1. The molecule has 0 amide bonds. The van der Waals surface area contributed by atoms with E-state index < -0.39 is 11.6 Å². The zero-order valence-corrected chi connectivity index (χ0v) is 11.4. The van der Waals surface area contributed by atoms with Crippen LogP contribution < -0.4 is 10.6 Å². The Hall–Kier alpha value is -2.14. The van der Waals surface area contributed by atoms with E-state index >= 15 is 0 Å². The molecule has 0 bridgehead atoms. The summed E-state index contributed by atoms with van der Waals surface area (Å²) in [5.41, 5.74) is 6.50. The van der Waals surface area contributed by atoms with Gasteiger partial charge < -0.3 is 15.4 Å². The topological polar surface area (TPSA) is 38.5 Å². The van der Waals surface area contributed by atoms with Crippen molar-refractivity contribution in [3.8, 4) is 0 Å².